The Labute approximate surface area is 124 Å². The molecule has 0 saturated heterocycles. The van der Waals surface area contributed by atoms with Gasteiger partial charge in [0.2, 0.25) is 0 Å². The minimum Gasteiger partial charge on any atom is -0.207 e. The Morgan fingerprint density at radius 3 is 2.26 bits per heavy atom. The number of alkyl halides is 1. The molecule has 2 aromatic carbocycles. The third kappa shape index (κ3) is 3.02. The van der Waals surface area contributed by atoms with Gasteiger partial charge in [0.05, 0.1) is 15.4 Å². The van der Waals surface area contributed by atoms with E-state index in [2.05, 4.69) is 0 Å². The summed E-state index contributed by atoms with van der Waals surface area (Å²) in [6, 6.07) is 6.96. The van der Waals surface area contributed by atoms with E-state index >= 15 is 0 Å². The topological polar surface area (TPSA) is 0 Å². The van der Waals surface area contributed by atoms with Gasteiger partial charge >= 0.3 is 0 Å². The molecule has 0 aliphatic heterocycles. The van der Waals surface area contributed by atoms with Crippen molar-refractivity contribution in [2.45, 2.75) is 12.3 Å². The molecule has 5 heteroatoms. The minimum absolute atomic E-state index is 0.0724. The molecule has 0 aromatic heterocycles. The molecule has 0 heterocycles. The minimum atomic E-state index is -0.829. The van der Waals surface area contributed by atoms with E-state index in [0.717, 1.165) is 12.1 Å². The first-order valence-electron chi connectivity index (χ1n) is 5.44. The summed E-state index contributed by atoms with van der Waals surface area (Å²) in [7, 11) is 0. The van der Waals surface area contributed by atoms with E-state index in [9.17, 15) is 8.78 Å². The van der Waals surface area contributed by atoms with Gasteiger partial charge in [0.25, 0.3) is 0 Å². The van der Waals surface area contributed by atoms with Gasteiger partial charge < -0.3 is 0 Å². The van der Waals surface area contributed by atoms with Crippen molar-refractivity contribution in [1.29, 1.82) is 0 Å². The highest BCUT2D eigenvalue weighted by Gasteiger charge is 2.18. The molecule has 0 amide bonds. The molecule has 100 valence electrons. The Hall–Kier alpha value is -0.830. The number of rotatable bonds is 2. The number of aryl methyl sites for hydroxylation is 1. The first kappa shape index (κ1) is 14.6. The van der Waals surface area contributed by atoms with E-state index < -0.39 is 17.0 Å². The van der Waals surface area contributed by atoms with E-state index in [1.165, 1.54) is 6.92 Å². The lowest BCUT2D eigenvalue weighted by Crippen LogP contribution is -2.00. The predicted molar refractivity (Wildman–Crippen MR) is 75.3 cm³/mol. The van der Waals surface area contributed by atoms with Crippen molar-refractivity contribution < 1.29 is 8.78 Å². The van der Waals surface area contributed by atoms with Crippen molar-refractivity contribution in [2.24, 2.45) is 0 Å². The van der Waals surface area contributed by atoms with Crippen LogP contribution in [0.5, 0.6) is 0 Å². The largest absolute Gasteiger partial charge is 0.207 e. The molecule has 0 N–H and O–H groups in total. The van der Waals surface area contributed by atoms with Crippen molar-refractivity contribution in [3.8, 4) is 0 Å². The smallest absolute Gasteiger partial charge is 0.128 e. The lowest BCUT2D eigenvalue weighted by molar-refractivity contribution is 0.580. The Morgan fingerprint density at radius 2 is 1.63 bits per heavy atom. The molecule has 0 saturated carbocycles. The van der Waals surface area contributed by atoms with Crippen LogP contribution >= 0.6 is 34.8 Å². The van der Waals surface area contributed by atoms with Gasteiger partial charge in [-0.15, -0.1) is 11.6 Å². The zero-order valence-electron chi connectivity index (χ0n) is 9.85. The molecule has 1 atom stereocenters. The van der Waals surface area contributed by atoms with Gasteiger partial charge in [-0.05, 0) is 42.3 Å². The van der Waals surface area contributed by atoms with Gasteiger partial charge in [-0.2, -0.15) is 0 Å². The van der Waals surface area contributed by atoms with Crippen LogP contribution in [0.3, 0.4) is 0 Å². The molecule has 0 bridgehead atoms. The summed E-state index contributed by atoms with van der Waals surface area (Å²) in [4.78, 5) is 0. The molecule has 2 aromatic rings. The van der Waals surface area contributed by atoms with Crippen LogP contribution in [-0.4, -0.2) is 0 Å². The average Bonchev–Trinajstić information content (AvgIpc) is 2.36. The summed E-state index contributed by atoms with van der Waals surface area (Å²) < 4.78 is 27.3. The quantitative estimate of drug-likeness (QED) is 0.603. The van der Waals surface area contributed by atoms with E-state index in [1.54, 1.807) is 18.2 Å². The molecule has 0 radical (unpaired) electrons. The van der Waals surface area contributed by atoms with E-state index in [0.29, 0.717) is 15.6 Å². The second-order valence-electron chi connectivity index (χ2n) is 4.16. The molecule has 0 spiro atoms. The van der Waals surface area contributed by atoms with Crippen LogP contribution in [0.2, 0.25) is 10.0 Å². The summed E-state index contributed by atoms with van der Waals surface area (Å²) in [6.07, 6.45) is 0. The van der Waals surface area contributed by atoms with Gasteiger partial charge in [-0.1, -0.05) is 29.3 Å². The molecule has 2 rings (SSSR count). The number of hydrogen-bond donors (Lipinski definition) is 0. The van der Waals surface area contributed by atoms with Crippen molar-refractivity contribution in [1.82, 2.24) is 0 Å². The predicted octanol–water partition coefficient (Wildman–Crippen LogP) is 5.91. The Morgan fingerprint density at radius 1 is 0.947 bits per heavy atom. The van der Waals surface area contributed by atoms with E-state index in [-0.39, 0.29) is 11.1 Å². The third-order valence-electron chi connectivity index (χ3n) is 2.79. The summed E-state index contributed by atoms with van der Waals surface area (Å²) >= 11 is 17.9. The average molecular weight is 322 g/mol. The first-order valence-corrected chi connectivity index (χ1v) is 6.64. The first-order chi connectivity index (χ1) is 8.90. The number of benzene rings is 2. The second-order valence-corrected chi connectivity index (χ2v) is 5.41. The van der Waals surface area contributed by atoms with Crippen molar-refractivity contribution in [3.05, 3.63) is 68.7 Å². The van der Waals surface area contributed by atoms with Crippen molar-refractivity contribution in [3.63, 3.8) is 0 Å². The van der Waals surface area contributed by atoms with Gasteiger partial charge in [-0.3, -0.25) is 0 Å². The van der Waals surface area contributed by atoms with Crippen LogP contribution in [-0.2, 0) is 0 Å². The van der Waals surface area contributed by atoms with Gasteiger partial charge in [-0.25, -0.2) is 8.78 Å². The van der Waals surface area contributed by atoms with Gasteiger partial charge in [0.1, 0.15) is 11.6 Å². The fourth-order valence-corrected chi connectivity index (χ4v) is 2.31. The molecule has 0 fully saturated rings. The highest BCUT2D eigenvalue weighted by Crippen LogP contribution is 2.34. The fraction of sp³-hybridized carbons (Fsp3) is 0.143. The van der Waals surface area contributed by atoms with Crippen LogP contribution in [0.25, 0.3) is 0 Å². The van der Waals surface area contributed by atoms with Crippen molar-refractivity contribution in [2.75, 3.05) is 0 Å². The molecule has 19 heavy (non-hydrogen) atoms. The summed E-state index contributed by atoms with van der Waals surface area (Å²) in [6.45, 7) is 1.49. The highest BCUT2D eigenvalue weighted by atomic mass is 35.5. The maximum absolute atomic E-state index is 13.8. The van der Waals surface area contributed by atoms with Crippen LogP contribution in [0.4, 0.5) is 8.78 Å². The maximum atomic E-state index is 13.8. The van der Waals surface area contributed by atoms with E-state index in [1.807, 2.05) is 0 Å². The maximum Gasteiger partial charge on any atom is 0.128 e. The summed E-state index contributed by atoms with van der Waals surface area (Å²) in [5.74, 6) is -1.05. The van der Waals surface area contributed by atoms with Crippen LogP contribution in [0, 0.1) is 18.6 Å². The molecule has 0 aliphatic rings. The fourth-order valence-electron chi connectivity index (χ4n) is 1.71. The number of hydrogen-bond acceptors (Lipinski definition) is 0. The van der Waals surface area contributed by atoms with E-state index in [4.69, 9.17) is 34.8 Å². The van der Waals surface area contributed by atoms with Crippen LogP contribution < -0.4 is 0 Å². The summed E-state index contributed by atoms with van der Waals surface area (Å²) in [5.41, 5.74) is 0.862. The summed E-state index contributed by atoms with van der Waals surface area (Å²) in [5, 5.41) is -0.132. The Bertz CT molecular complexity index is 626. The molecular weight excluding hydrogens is 313 g/mol. The Kier molecular flexibility index (Phi) is 4.34. The zero-order valence-corrected chi connectivity index (χ0v) is 12.1. The Balaban J connectivity index is 2.46. The second kappa shape index (κ2) is 5.66. The SMILES string of the molecule is Cc1cc(F)c(C(Cl)c2ccc(Cl)c(Cl)c2)cc1F. The van der Waals surface area contributed by atoms with Gasteiger partial charge in [0, 0.05) is 5.56 Å². The lowest BCUT2D eigenvalue weighted by Gasteiger charge is -2.13. The molecule has 0 aliphatic carbocycles. The van der Waals surface area contributed by atoms with Crippen LogP contribution in [0.15, 0.2) is 30.3 Å². The van der Waals surface area contributed by atoms with Crippen molar-refractivity contribution >= 4 is 34.8 Å². The third-order valence-corrected chi connectivity index (χ3v) is 4.01. The molecule has 0 nitrogen and oxygen atoms in total. The van der Waals surface area contributed by atoms with Gasteiger partial charge in [0.15, 0.2) is 0 Å². The standard InChI is InChI=1S/C14H9Cl3F2/c1-7-4-13(19)9(6-12(7)18)14(17)8-2-3-10(15)11(16)5-8/h2-6,14H,1H3. The number of halogens is 5. The zero-order chi connectivity index (χ0) is 14.2. The monoisotopic (exact) mass is 320 g/mol. The lowest BCUT2D eigenvalue weighted by atomic mass is 10.0. The normalized spacial score (nSPS) is 12.5. The highest BCUT2D eigenvalue weighted by molar-refractivity contribution is 6.42. The molecular formula is C14H9Cl3F2. The van der Waals surface area contributed by atoms with Crippen LogP contribution in [0.1, 0.15) is 22.1 Å². The molecule has 1 unspecified atom stereocenters.